The van der Waals surface area contributed by atoms with Crippen molar-refractivity contribution in [3.8, 4) is 0 Å². The number of amides is 2. The van der Waals surface area contributed by atoms with Gasteiger partial charge in [-0.05, 0) is 65.4 Å². The lowest BCUT2D eigenvalue weighted by molar-refractivity contribution is -0.115. The van der Waals surface area contributed by atoms with E-state index in [0.29, 0.717) is 28.3 Å². The third kappa shape index (κ3) is 4.96. The van der Waals surface area contributed by atoms with Crippen molar-refractivity contribution in [2.24, 2.45) is 0 Å². The molecule has 3 aromatic carbocycles. The number of halogens is 1. The third-order valence-electron chi connectivity index (χ3n) is 5.77. The van der Waals surface area contributed by atoms with Crippen LogP contribution in [0, 0.1) is 12.7 Å². The molecule has 4 nitrogen and oxygen atoms in total. The molecule has 0 aliphatic carbocycles. The van der Waals surface area contributed by atoms with Gasteiger partial charge in [0, 0.05) is 16.9 Å². The number of hydrogen-bond acceptors (Lipinski definition) is 3. The van der Waals surface area contributed by atoms with E-state index in [2.05, 4.69) is 26.1 Å². The first-order valence-electron chi connectivity index (χ1n) is 10.9. The van der Waals surface area contributed by atoms with E-state index < -0.39 is 0 Å². The minimum Gasteiger partial charge on any atom is -0.322 e. The van der Waals surface area contributed by atoms with Crippen LogP contribution in [0.1, 0.15) is 53.2 Å². The van der Waals surface area contributed by atoms with Crippen molar-refractivity contribution in [2.45, 2.75) is 38.5 Å². The number of anilines is 2. The summed E-state index contributed by atoms with van der Waals surface area (Å²) in [7, 11) is 0. The Hall–Kier alpha value is -3.12. The summed E-state index contributed by atoms with van der Waals surface area (Å²) in [4.78, 5) is 26.8. The SMILES string of the molecule is Cc1ccc(N2C(=O)CS[C@@H]2c2ccc(NC(=O)c3ccc(C(C)(C)C)cc3)cc2)cc1F. The van der Waals surface area contributed by atoms with Crippen LogP contribution in [0.25, 0.3) is 0 Å². The van der Waals surface area contributed by atoms with Crippen LogP contribution in [0.5, 0.6) is 0 Å². The van der Waals surface area contributed by atoms with Crippen molar-refractivity contribution in [3.05, 3.63) is 94.8 Å². The molecule has 0 unspecified atom stereocenters. The zero-order valence-electron chi connectivity index (χ0n) is 19.2. The summed E-state index contributed by atoms with van der Waals surface area (Å²) in [5, 5.41) is 2.68. The van der Waals surface area contributed by atoms with Crippen LogP contribution in [0.15, 0.2) is 66.7 Å². The number of benzene rings is 3. The van der Waals surface area contributed by atoms with Gasteiger partial charge in [-0.15, -0.1) is 11.8 Å². The Morgan fingerprint density at radius 1 is 1.03 bits per heavy atom. The molecule has 1 aliphatic rings. The third-order valence-corrected chi connectivity index (χ3v) is 6.98. The molecule has 170 valence electrons. The van der Waals surface area contributed by atoms with E-state index in [1.165, 1.54) is 23.4 Å². The molecule has 1 atom stereocenters. The second-order valence-corrected chi connectivity index (χ2v) is 10.3. The molecular formula is C27H27FN2O2S. The zero-order valence-corrected chi connectivity index (χ0v) is 20.0. The molecule has 1 saturated heterocycles. The maximum atomic E-state index is 14.1. The average Bonchev–Trinajstić information content (AvgIpc) is 3.17. The highest BCUT2D eigenvalue weighted by Gasteiger charge is 2.34. The largest absolute Gasteiger partial charge is 0.322 e. The molecule has 0 aromatic heterocycles. The lowest BCUT2D eigenvalue weighted by Crippen LogP contribution is -2.28. The Labute approximate surface area is 198 Å². The van der Waals surface area contributed by atoms with E-state index in [1.54, 1.807) is 24.0 Å². The maximum absolute atomic E-state index is 14.1. The number of thioether (sulfide) groups is 1. The predicted molar refractivity (Wildman–Crippen MR) is 133 cm³/mol. The number of carbonyl (C=O) groups excluding carboxylic acids is 2. The van der Waals surface area contributed by atoms with E-state index in [4.69, 9.17) is 0 Å². The molecule has 3 aromatic rings. The Morgan fingerprint density at radius 2 is 1.70 bits per heavy atom. The summed E-state index contributed by atoms with van der Waals surface area (Å²) in [5.74, 6) is -0.220. The first-order valence-corrected chi connectivity index (χ1v) is 11.9. The molecule has 1 heterocycles. The Bertz CT molecular complexity index is 1180. The highest BCUT2D eigenvalue weighted by molar-refractivity contribution is 8.00. The molecule has 0 bridgehead atoms. The monoisotopic (exact) mass is 462 g/mol. The van der Waals surface area contributed by atoms with Crippen molar-refractivity contribution < 1.29 is 14.0 Å². The molecule has 0 radical (unpaired) electrons. The average molecular weight is 463 g/mol. The van der Waals surface area contributed by atoms with Crippen molar-refractivity contribution >= 4 is 35.0 Å². The lowest BCUT2D eigenvalue weighted by atomic mass is 9.87. The van der Waals surface area contributed by atoms with Gasteiger partial charge < -0.3 is 5.32 Å². The molecule has 33 heavy (non-hydrogen) atoms. The smallest absolute Gasteiger partial charge is 0.255 e. The summed E-state index contributed by atoms with van der Waals surface area (Å²) in [6.07, 6.45) is 0. The van der Waals surface area contributed by atoms with E-state index in [9.17, 15) is 14.0 Å². The van der Waals surface area contributed by atoms with Gasteiger partial charge in [0.1, 0.15) is 11.2 Å². The van der Waals surface area contributed by atoms with Crippen LogP contribution in [0.3, 0.4) is 0 Å². The number of rotatable bonds is 4. The number of hydrogen-bond donors (Lipinski definition) is 1. The van der Waals surface area contributed by atoms with Gasteiger partial charge in [0.15, 0.2) is 0 Å². The van der Waals surface area contributed by atoms with Crippen LogP contribution in [0.4, 0.5) is 15.8 Å². The highest BCUT2D eigenvalue weighted by atomic mass is 32.2. The Morgan fingerprint density at radius 3 is 2.30 bits per heavy atom. The number of carbonyl (C=O) groups is 2. The van der Waals surface area contributed by atoms with Crippen LogP contribution >= 0.6 is 11.8 Å². The summed E-state index contributed by atoms with van der Waals surface area (Å²) in [6, 6.07) is 19.9. The number of nitrogens with zero attached hydrogens (tertiary/aromatic N) is 1. The molecule has 1 N–H and O–H groups in total. The summed E-state index contributed by atoms with van der Waals surface area (Å²) >= 11 is 1.50. The van der Waals surface area contributed by atoms with Gasteiger partial charge in [0.2, 0.25) is 5.91 Å². The maximum Gasteiger partial charge on any atom is 0.255 e. The van der Waals surface area contributed by atoms with Crippen LogP contribution < -0.4 is 10.2 Å². The topological polar surface area (TPSA) is 49.4 Å². The first-order chi connectivity index (χ1) is 15.6. The lowest BCUT2D eigenvalue weighted by Gasteiger charge is -2.25. The summed E-state index contributed by atoms with van der Waals surface area (Å²) in [5.41, 5.74) is 4.48. The fourth-order valence-electron chi connectivity index (χ4n) is 3.74. The molecular weight excluding hydrogens is 435 g/mol. The van der Waals surface area contributed by atoms with Gasteiger partial charge in [-0.1, -0.05) is 51.1 Å². The predicted octanol–water partition coefficient (Wildman–Crippen LogP) is 6.46. The van der Waals surface area contributed by atoms with Gasteiger partial charge in [-0.2, -0.15) is 0 Å². The quantitative estimate of drug-likeness (QED) is 0.484. The van der Waals surface area contributed by atoms with E-state index >= 15 is 0 Å². The van der Waals surface area contributed by atoms with E-state index in [0.717, 1.165) is 5.56 Å². The Kier molecular flexibility index (Phi) is 6.30. The zero-order chi connectivity index (χ0) is 23.8. The molecule has 2 amide bonds. The van der Waals surface area contributed by atoms with Gasteiger partial charge in [-0.25, -0.2) is 4.39 Å². The first kappa shape index (κ1) is 23.1. The fraction of sp³-hybridized carbons (Fsp3) is 0.259. The van der Waals surface area contributed by atoms with Crippen molar-refractivity contribution in [1.29, 1.82) is 0 Å². The van der Waals surface area contributed by atoms with Crippen molar-refractivity contribution in [2.75, 3.05) is 16.0 Å². The van der Waals surface area contributed by atoms with Gasteiger partial charge in [-0.3, -0.25) is 14.5 Å². The van der Waals surface area contributed by atoms with Crippen molar-refractivity contribution in [1.82, 2.24) is 0 Å². The minimum absolute atomic E-state index is 0.0305. The second-order valence-electron chi connectivity index (χ2n) is 9.26. The van der Waals surface area contributed by atoms with Gasteiger partial charge in [0.25, 0.3) is 5.91 Å². The number of aryl methyl sites for hydroxylation is 1. The molecule has 1 fully saturated rings. The standard InChI is InChI=1S/C27H27FN2O2S/c1-17-5-14-22(15-23(17)28)30-24(31)16-33-26(30)19-8-12-21(13-9-19)29-25(32)18-6-10-20(11-7-18)27(2,3)4/h5-15,26H,16H2,1-4H3,(H,29,32)/t26-/m1/s1. The second kappa shape index (κ2) is 9.02. The minimum atomic E-state index is -0.329. The van der Waals surface area contributed by atoms with E-state index in [1.807, 2.05) is 48.5 Å². The fourth-order valence-corrected chi connectivity index (χ4v) is 4.91. The molecule has 6 heteroatoms. The van der Waals surface area contributed by atoms with Crippen LogP contribution in [-0.4, -0.2) is 17.6 Å². The Balaban J connectivity index is 1.49. The number of nitrogens with one attached hydrogen (secondary N) is 1. The van der Waals surface area contributed by atoms with Crippen molar-refractivity contribution in [3.63, 3.8) is 0 Å². The molecule has 0 spiro atoms. The summed E-state index contributed by atoms with van der Waals surface area (Å²) in [6.45, 7) is 8.10. The highest BCUT2D eigenvalue weighted by Crippen LogP contribution is 2.42. The van der Waals surface area contributed by atoms with Crippen LogP contribution in [-0.2, 0) is 10.2 Å². The van der Waals surface area contributed by atoms with Gasteiger partial charge >= 0.3 is 0 Å². The molecule has 4 rings (SSSR count). The normalized spacial score (nSPS) is 16.2. The molecule has 0 saturated carbocycles. The van der Waals surface area contributed by atoms with E-state index in [-0.39, 0.29) is 28.4 Å². The summed E-state index contributed by atoms with van der Waals surface area (Å²) < 4.78 is 14.1. The molecule has 1 aliphatic heterocycles. The van der Waals surface area contributed by atoms with Gasteiger partial charge in [0.05, 0.1) is 5.75 Å². The van der Waals surface area contributed by atoms with Crippen LogP contribution in [0.2, 0.25) is 0 Å².